The molecule has 0 unspecified atom stereocenters. The van der Waals surface area contributed by atoms with Crippen LogP contribution in [0.3, 0.4) is 0 Å². The quantitative estimate of drug-likeness (QED) is 0.910. The van der Waals surface area contributed by atoms with E-state index in [4.69, 9.17) is 10.5 Å². The van der Waals surface area contributed by atoms with Gasteiger partial charge in [0.15, 0.2) is 0 Å². The number of ether oxygens (including phenoxy) is 1. The summed E-state index contributed by atoms with van der Waals surface area (Å²) in [6.45, 7) is 6.13. The van der Waals surface area contributed by atoms with Gasteiger partial charge in [0.25, 0.3) is 0 Å². The first kappa shape index (κ1) is 18.7. The third-order valence-corrected chi connectivity index (χ3v) is 3.85. The van der Waals surface area contributed by atoms with E-state index in [1.165, 1.54) is 5.56 Å². The molecule has 6 heteroatoms. The van der Waals surface area contributed by atoms with Crippen LogP contribution in [0.4, 0.5) is 0 Å². The van der Waals surface area contributed by atoms with Gasteiger partial charge in [0.2, 0.25) is 5.91 Å². The molecule has 2 N–H and O–H groups in total. The number of methoxy groups -OCH3 is 1. The summed E-state index contributed by atoms with van der Waals surface area (Å²) in [7, 11) is 1.67. The minimum atomic E-state index is -0.405. The minimum absolute atomic E-state index is 0. The van der Waals surface area contributed by atoms with Gasteiger partial charge in [-0.25, -0.2) is 0 Å². The summed E-state index contributed by atoms with van der Waals surface area (Å²) in [5, 5.41) is 0. The van der Waals surface area contributed by atoms with Gasteiger partial charge in [0.1, 0.15) is 5.75 Å². The number of hydrogen-bond acceptors (Lipinski definition) is 4. The molecule has 1 aliphatic heterocycles. The fraction of sp³-hybridized carbons (Fsp3) is 0.562. The summed E-state index contributed by atoms with van der Waals surface area (Å²) in [6, 6.07) is 7.75. The van der Waals surface area contributed by atoms with Crippen LogP contribution in [-0.2, 0) is 11.3 Å². The number of halogens is 1. The Bertz CT molecular complexity index is 465. The van der Waals surface area contributed by atoms with Crippen molar-refractivity contribution in [2.24, 2.45) is 5.73 Å². The van der Waals surface area contributed by atoms with E-state index in [9.17, 15) is 4.79 Å². The SMILES string of the molecule is COc1ccc(CN2CCCN(C(=O)[C@@H](C)N)CC2)cc1.Cl. The molecule has 0 bridgehead atoms. The molecule has 22 heavy (non-hydrogen) atoms. The lowest BCUT2D eigenvalue weighted by Crippen LogP contribution is -2.43. The molecule has 1 heterocycles. The van der Waals surface area contributed by atoms with Gasteiger partial charge < -0.3 is 15.4 Å². The van der Waals surface area contributed by atoms with Gasteiger partial charge in [0.05, 0.1) is 13.2 Å². The third kappa shape index (κ3) is 5.16. The largest absolute Gasteiger partial charge is 0.497 e. The first-order chi connectivity index (χ1) is 10.1. The summed E-state index contributed by atoms with van der Waals surface area (Å²) in [6.07, 6.45) is 0.995. The van der Waals surface area contributed by atoms with Gasteiger partial charge in [-0.05, 0) is 31.0 Å². The molecule has 1 aromatic rings. The summed E-state index contributed by atoms with van der Waals surface area (Å²) < 4.78 is 5.17. The highest BCUT2D eigenvalue weighted by Gasteiger charge is 2.21. The van der Waals surface area contributed by atoms with Gasteiger partial charge in [-0.15, -0.1) is 12.4 Å². The van der Waals surface area contributed by atoms with Crippen LogP contribution in [0.1, 0.15) is 18.9 Å². The Kier molecular flexibility index (Phi) is 7.65. The van der Waals surface area contributed by atoms with E-state index in [2.05, 4.69) is 17.0 Å². The Morgan fingerprint density at radius 3 is 2.50 bits per heavy atom. The van der Waals surface area contributed by atoms with E-state index in [-0.39, 0.29) is 18.3 Å². The number of nitrogens with zero attached hydrogens (tertiary/aromatic N) is 2. The zero-order chi connectivity index (χ0) is 15.2. The molecule has 1 fully saturated rings. The molecular weight excluding hydrogens is 302 g/mol. The zero-order valence-corrected chi connectivity index (χ0v) is 14.1. The lowest BCUT2D eigenvalue weighted by molar-refractivity contribution is -0.132. The van der Waals surface area contributed by atoms with E-state index in [1.807, 2.05) is 17.0 Å². The lowest BCUT2D eigenvalue weighted by atomic mass is 10.2. The molecule has 2 rings (SSSR count). The van der Waals surface area contributed by atoms with Crippen LogP contribution in [0.5, 0.6) is 5.75 Å². The molecule has 0 spiro atoms. The van der Waals surface area contributed by atoms with Crippen molar-refractivity contribution >= 4 is 18.3 Å². The molecule has 1 amide bonds. The summed E-state index contributed by atoms with van der Waals surface area (Å²) >= 11 is 0. The van der Waals surface area contributed by atoms with Crippen molar-refractivity contribution in [1.82, 2.24) is 9.80 Å². The predicted octanol–water partition coefficient (Wildman–Crippen LogP) is 1.50. The molecule has 1 saturated heterocycles. The fourth-order valence-electron chi connectivity index (χ4n) is 2.63. The molecular formula is C16H26ClN3O2. The Morgan fingerprint density at radius 2 is 1.91 bits per heavy atom. The van der Waals surface area contributed by atoms with Gasteiger partial charge in [-0.2, -0.15) is 0 Å². The molecule has 0 aromatic heterocycles. The van der Waals surface area contributed by atoms with Crippen LogP contribution in [0.15, 0.2) is 24.3 Å². The lowest BCUT2D eigenvalue weighted by Gasteiger charge is -2.23. The monoisotopic (exact) mass is 327 g/mol. The number of benzene rings is 1. The summed E-state index contributed by atoms with van der Waals surface area (Å²) in [5.41, 5.74) is 6.95. The first-order valence-electron chi connectivity index (χ1n) is 7.50. The molecule has 124 valence electrons. The van der Waals surface area contributed by atoms with Crippen LogP contribution in [0, 0.1) is 0 Å². The van der Waals surface area contributed by atoms with E-state index < -0.39 is 6.04 Å². The second-order valence-corrected chi connectivity index (χ2v) is 5.59. The Balaban J connectivity index is 0.00000242. The van der Waals surface area contributed by atoms with Crippen molar-refractivity contribution in [2.45, 2.75) is 25.9 Å². The van der Waals surface area contributed by atoms with Crippen LogP contribution < -0.4 is 10.5 Å². The van der Waals surface area contributed by atoms with Crippen LogP contribution in [-0.4, -0.2) is 55.0 Å². The summed E-state index contributed by atoms with van der Waals surface area (Å²) in [5.74, 6) is 0.935. The molecule has 1 atom stereocenters. The minimum Gasteiger partial charge on any atom is -0.497 e. The average Bonchev–Trinajstić information content (AvgIpc) is 2.73. The number of rotatable bonds is 4. The highest BCUT2D eigenvalue weighted by atomic mass is 35.5. The number of carbonyl (C=O) groups excluding carboxylic acids is 1. The molecule has 5 nitrogen and oxygen atoms in total. The molecule has 0 radical (unpaired) electrons. The third-order valence-electron chi connectivity index (χ3n) is 3.85. The van der Waals surface area contributed by atoms with Gasteiger partial charge in [0, 0.05) is 32.7 Å². The Hall–Kier alpha value is -1.30. The van der Waals surface area contributed by atoms with Gasteiger partial charge in [-0.1, -0.05) is 12.1 Å². The number of nitrogens with two attached hydrogens (primary N) is 1. The van der Waals surface area contributed by atoms with Crippen molar-refractivity contribution in [1.29, 1.82) is 0 Å². The topological polar surface area (TPSA) is 58.8 Å². The van der Waals surface area contributed by atoms with Crippen molar-refractivity contribution in [3.63, 3.8) is 0 Å². The molecule has 1 aliphatic rings. The Labute approximate surface area is 138 Å². The normalized spacial score (nSPS) is 17.3. The molecule has 1 aromatic carbocycles. The van der Waals surface area contributed by atoms with E-state index in [1.54, 1.807) is 14.0 Å². The predicted molar refractivity (Wildman–Crippen MR) is 90.4 cm³/mol. The van der Waals surface area contributed by atoms with Crippen molar-refractivity contribution in [3.8, 4) is 5.75 Å². The number of amides is 1. The number of carbonyl (C=O) groups is 1. The average molecular weight is 328 g/mol. The van der Waals surface area contributed by atoms with E-state index >= 15 is 0 Å². The summed E-state index contributed by atoms with van der Waals surface area (Å²) in [4.78, 5) is 16.2. The highest BCUT2D eigenvalue weighted by Crippen LogP contribution is 2.14. The second-order valence-electron chi connectivity index (χ2n) is 5.59. The van der Waals surface area contributed by atoms with Crippen molar-refractivity contribution in [3.05, 3.63) is 29.8 Å². The maximum atomic E-state index is 12.0. The smallest absolute Gasteiger partial charge is 0.239 e. The maximum Gasteiger partial charge on any atom is 0.239 e. The standard InChI is InChI=1S/C16H25N3O2.ClH/c1-13(17)16(20)19-9-3-8-18(10-11-19)12-14-4-6-15(21-2)7-5-14;/h4-7,13H,3,8-12,17H2,1-2H3;1H/t13-;/m1./s1. The van der Waals surface area contributed by atoms with E-state index in [0.717, 1.165) is 44.9 Å². The second kappa shape index (κ2) is 8.98. The molecule has 0 aliphatic carbocycles. The van der Waals surface area contributed by atoms with E-state index in [0.29, 0.717) is 0 Å². The van der Waals surface area contributed by atoms with Crippen LogP contribution in [0.25, 0.3) is 0 Å². The van der Waals surface area contributed by atoms with Crippen LogP contribution >= 0.6 is 12.4 Å². The highest BCUT2D eigenvalue weighted by molar-refractivity contribution is 5.85. The maximum absolute atomic E-state index is 12.0. The Morgan fingerprint density at radius 1 is 1.23 bits per heavy atom. The number of hydrogen-bond donors (Lipinski definition) is 1. The molecule has 0 saturated carbocycles. The first-order valence-corrected chi connectivity index (χ1v) is 7.50. The van der Waals surface area contributed by atoms with Crippen molar-refractivity contribution < 1.29 is 9.53 Å². The van der Waals surface area contributed by atoms with Gasteiger partial charge >= 0.3 is 0 Å². The zero-order valence-electron chi connectivity index (χ0n) is 13.3. The fourth-order valence-corrected chi connectivity index (χ4v) is 2.63. The van der Waals surface area contributed by atoms with Crippen molar-refractivity contribution in [2.75, 3.05) is 33.3 Å². The van der Waals surface area contributed by atoms with Crippen LogP contribution in [0.2, 0.25) is 0 Å². The van der Waals surface area contributed by atoms with Gasteiger partial charge in [-0.3, -0.25) is 9.69 Å².